The Bertz CT molecular complexity index is 409. The molecule has 0 aliphatic heterocycles. The number of ether oxygens (including phenoxy) is 1. The van der Waals surface area contributed by atoms with Crippen LogP contribution in [0.5, 0.6) is 5.75 Å². The van der Waals surface area contributed by atoms with E-state index in [4.69, 9.17) is 5.11 Å². The van der Waals surface area contributed by atoms with Crippen molar-refractivity contribution in [3.63, 3.8) is 0 Å². The van der Waals surface area contributed by atoms with E-state index in [0.717, 1.165) is 0 Å². The minimum Gasteiger partial charge on any atom is -0.503 e. The van der Waals surface area contributed by atoms with E-state index in [1.807, 2.05) is 0 Å². The molecule has 1 rings (SSSR count). The summed E-state index contributed by atoms with van der Waals surface area (Å²) in [6, 6.07) is 0.598. The summed E-state index contributed by atoms with van der Waals surface area (Å²) in [5.74, 6) is -3.70. The summed E-state index contributed by atoms with van der Waals surface area (Å²) in [5.41, 5.74) is -1.59. The third-order valence-corrected chi connectivity index (χ3v) is 1.69. The number of alkyl halides is 2. The lowest BCUT2D eigenvalue weighted by atomic mass is 10.2. The maximum Gasteiger partial charge on any atom is 0.342 e. The molecule has 1 N–H and O–H groups in total. The van der Waals surface area contributed by atoms with E-state index in [1.165, 1.54) is 6.92 Å². The van der Waals surface area contributed by atoms with Gasteiger partial charge in [-0.2, -0.15) is 4.39 Å². The summed E-state index contributed by atoms with van der Waals surface area (Å²) >= 11 is 0. The number of aromatic nitrogens is 1. The predicted molar refractivity (Wildman–Crippen MR) is 46.8 cm³/mol. The molecule has 0 spiro atoms. The third-order valence-electron chi connectivity index (χ3n) is 1.69. The van der Waals surface area contributed by atoms with Crippen LogP contribution in [-0.2, 0) is 4.74 Å². The molecule has 0 atom stereocenters. The summed E-state index contributed by atoms with van der Waals surface area (Å²) in [7, 11) is 0. The fourth-order valence-corrected chi connectivity index (χ4v) is 1.00. The van der Waals surface area contributed by atoms with Gasteiger partial charge in [-0.3, -0.25) is 0 Å². The molecule has 0 unspecified atom stereocenters. The molecule has 4 nitrogen and oxygen atoms in total. The van der Waals surface area contributed by atoms with Crippen LogP contribution >= 0.6 is 0 Å². The zero-order valence-corrected chi connectivity index (χ0v) is 8.21. The number of rotatable bonds is 3. The van der Waals surface area contributed by atoms with Gasteiger partial charge in [-0.25, -0.2) is 18.6 Å². The van der Waals surface area contributed by atoms with Crippen molar-refractivity contribution >= 4 is 5.97 Å². The van der Waals surface area contributed by atoms with Crippen molar-refractivity contribution in [2.45, 2.75) is 13.3 Å². The average Bonchev–Trinajstić information content (AvgIpc) is 2.21. The number of hydrogen-bond acceptors (Lipinski definition) is 4. The Hall–Kier alpha value is -1.79. The van der Waals surface area contributed by atoms with Crippen LogP contribution in [0.15, 0.2) is 6.07 Å². The monoisotopic (exact) mass is 235 g/mol. The lowest BCUT2D eigenvalue weighted by Crippen LogP contribution is -2.08. The van der Waals surface area contributed by atoms with Gasteiger partial charge in [0.25, 0.3) is 12.4 Å². The molecule has 1 heterocycles. The molecule has 1 aromatic rings. The molecule has 0 bridgehead atoms. The highest BCUT2D eigenvalue weighted by atomic mass is 19.3. The van der Waals surface area contributed by atoms with Crippen molar-refractivity contribution < 1.29 is 27.8 Å². The Morgan fingerprint density at radius 1 is 1.62 bits per heavy atom. The van der Waals surface area contributed by atoms with Gasteiger partial charge in [0.05, 0.1) is 6.61 Å². The van der Waals surface area contributed by atoms with E-state index >= 15 is 0 Å². The Kier molecular flexibility index (Phi) is 3.70. The van der Waals surface area contributed by atoms with Crippen LogP contribution in [-0.4, -0.2) is 22.7 Å². The Labute approximate surface area is 88.7 Å². The van der Waals surface area contributed by atoms with E-state index in [0.29, 0.717) is 6.07 Å². The topological polar surface area (TPSA) is 59.4 Å². The predicted octanol–water partition coefficient (Wildman–Crippen LogP) is 2.04. The zero-order valence-electron chi connectivity index (χ0n) is 8.21. The summed E-state index contributed by atoms with van der Waals surface area (Å²) in [5, 5.41) is 9.12. The van der Waals surface area contributed by atoms with Gasteiger partial charge in [0, 0.05) is 0 Å². The summed E-state index contributed by atoms with van der Waals surface area (Å²) in [6.07, 6.45) is -3.04. The van der Waals surface area contributed by atoms with Crippen LogP contribution < -0.4 is 0 Å². The summed E-state index contributed by atoms with van der Waals surface area (Å²) in [4.78, 5) is 14.0. The van der Waals surface area contributed by atoms with Crippen molar-refractivity contribution in [3.8, 4) is 5.75 Å². The number of halogens is 3. The molecule has 0 aromatic carbocycles. The minimum atomic E-state index is -3.04. The van der Waals surface area contributed by atoms with Gasteiger partial charge >= 0.3 is 5.97 Å². The fraction of sp³-hybridized carbons (Fsp3) is 0.333. The first-order valence-electron chi connectivity index (χ1n) is 4.32. The van der Waals surface area contributed by atoms with Gasteiger partial charge < -0.3 is 9.84 Å². The first kappa shape index (κ1) is 12.3. The van der Waals surface area contributed by atoms with Gasteiger partial charge in [-0.05, 0) is 13.0 Å². The van der Waals surface area contributed by atoms with Crippen molar-refractivity contribution in [2.75, 3.05) is 6.61 Å². The Balaban J connectivity index is 3.21. The van der Waals surface area contributed by atoms with Crippen LogP contribution in [0.4, 0.5) is 13.2 Å². The first-order valence-corrected chi connectivity index (χ1v) is 4.32. The summed E-state index contributed by atoms with van der Waals surface area (Å²) in [6.45, 7) is 1.47. The quantitative estimate of drug-likeness (QED) is 0.643. The molecule has 0 saturated carbocycles. The standard InChI is InChI=1S/C9H8F3NO3/c1-2-16-9(15)4-3-5(7(10)11)13-8(12)6(4)14/h3,7,14H,2H2,1H3. The maximum atomic E-state index is 12.9. The number of pyridine rings is 1. The van der Waals surface area contributed by atoms with Gasteiger partial charge in [-0.1, -0.05) is 0 Å². The second kappa shape index (κ2) is 4.82. The second-order valence-electron chi connectivity index (χ2n) is 2.76. The lowest BCUT2D eigenvalue weighted by Gasteiger charge is -2.06. The highest BCUT2D eigenvalue weighted by Crippen LogP contribution is 2.26. The van der Waals surface area contributed by atoms with E-state index in [9.17, 15) is 18.0 Å². The number of aromatic hydroxyl groups is 1. The molecule has 0 aliphatic carbocycles. The van der Waals surface area contributed by atoms with E-state index in [1.54, 1.807) is 0 Å². The highest BCUT2D eigenvalue weighted by Gasteiger charge is 2.22. The molecule has 0 radical (unpaired) electrons. The molecule has 0 amide bonds. The van der Waals surface area contributed by atoms with E-state index < -0.39 is 35.3 Å². The number of carbonyl (C=O) groups excluding carboxylic acids is 1. The molecular weight excluding hydrogens is 227 g/mol. The van der Waals surface area contributed by atoms with Crippen LogP contribution in [0.2, 0.25) is 0 Å². The van der Waals surface area contributed by atoms with Crippen LogP contribution in [0.3, 0.4) is 0 Å². The summed E-state index contributed by atoms with van der Waals surface area (Å²) < 4.78 is 41.8. The molecule has 7 heteroatoms. The van der Waals surface area contributed by atoms with Crippen molar-refractivity contribution in [3.05, 3.63) is 23.3 Å². The smallest absolute Gasteiger partial charge is 0.342 e. The number of hydrogen-bond donors (Lipinski definition) is 1. The van der Waals surface area contributed by atoms with Gasteiger partial charge in [-0.15, -0.1) is 0 Å². The first-order chi connectivity index (χ1) is 7.47. The van der Waals surface area contributed by atoms with Crippen molar-refractivity contribution in [1.29, 1.82) is 0 Å². The van der Waals surface area contributed by atoms with Gasteiger partial charge in [0.1, 0.15) is 11.3 Å². The van der Waals surface area contributed by atoms with Crippen LogP contribution in [0.25, 0.3) is 0 Å². The number of carbonyl (C=O) groups is 1. The third kappa shape index (κ3) is 2.41. The van der Waals surface area contributed by atoms with Gasteiger partial charge in [0.15, 0.2) is 5.75 Å². The molecule has 0 saturated heterocycles. The van der Waals surface area contributed by atoms with Crippen LogP contribution in [0, 0.1) is 5.95 Å². The average molecular weight is 235 g/mol. The largest absolute Gasteiger partial charge is 0.503 e. The fourth-order valence-electron chi connectivity index (χ4n) is 1.00. The SMILES string of the molecule is CCOC(=O)c1cc(C(F)F)nc(F)c1O. The molecule has 16 heavy (non-hydrogen) atoms. The van der Waals surface area contributed by atoms with Crippen molar-refractivity contribution in [2.24, 2.45) is 0 Å². The normalized spacial score (nSPS) is 10.6. The van der Waals surface area contributed by atoms with Gasteiger partial charge in [0.2, 0.25) is 0 Å². The second-order valence-corrected chi connectivity index (χ2v) is 2.76. The lowest BCUT2D eigenvalue weighted by molar-refractivity contribution is 0.0521. The maximum absolute atomic E-state index is 12.9. The van der Waals surface area contributed by atoms with Crippen LogP contribution in [0.1, 0.15) is 29.4 Å². The zero-order chi connectivity index (χ0) is 12.3. The molecular formula is C9H8F3NO3. The molecule has 88 valence electrons. The molecule has 0 fully saturated rings. The minimum absolute atomic E-state index is 0.0216. The van der Waals surface area contributed by atoms with E-state index in [-0.39, 0.29) is 6.61 Å². The molecule has 0 aliphatic rings. The van der Waals surface area contributed by atoms with E-state index in [2.05, 4.69) is 9.72 Å². The molecule has 1 aromatic heterocycles. The highest BCUT2D eigenvalue weighted by molar-refractivity contribution is 5.92. The Morgan fingerprint density at radius 2 is 2.25 bits per heavy atom. The van der Waals surface area contributed by atoms with Crippen molar-refractivity contribution in [1.82, 2.24) is 4.98 Å². The number of nitrogens with zero attached hydrogens (tertiary/aromatic N) is 1. The number of esters is 1. The Morgan fingerprint density at radius 3 is 2.75 bits per heavy atom.